The number of anilines is 1. The minimum Gasteiger partial charge on any atom is -0.433 e. The molecule has 0 saturated carbocycles. The van der Waals surface area contributed by atoms with Gasteiger partial charge < -0.3 is 10.1 Å². The molecule has 23 heavy (non-hydrogen) atoms. The first kappa shape index (κ1) is 17.4. The van der Waals surface area contributed by atoms with Crippen molar-refractivity contribution in [2.24, 2.45) is 0 Å². The number of aryl methyl sites for hydroxylation is 2. The molecule has 0 bridgehead atoms. The molecule has 1 aromatic carbocycles. The summed E-state index contributed by atoms with van der Waals surface area (Å²) in [5, 5.41) is 6.73. The van der Waals surface area contributed by atoms with Crippen LogP contribution in [0.5, 0.6) is 5.75 Å². The summed E-state index contributed by atoms with van der Waals surface area (Å²) >= 11 is 3.35. The zero-order chi connectivity index (χ0) is 17.0. The van der Waals surface area contributed by atoms with E-state index in [2.05, 4.69) is 31.1 Å². The number of amides is 1. The van der Waals surface area contributed by atoms with Crippen LogP contribution < -0.4 is 10.1 Å². The summed E-state index contributed by atoms with van der Waals surface area (Å²) in [6, 6.07) is 4.63. The largest absolute Gasteiger partial charge is 0.433 e. The van der Waals surface area contributed by atoms with E-state index in [9.17, 15) is 13.6 Å². The highest BCUT2D eigenvalue weighted by molar-refractivity contribution is 9.10. The Morgan fingerprint density at radius 3 is 2.78 bits per heavy atom. The van der Waals surface area contributed by atoms with Crippen LogP contribution in [0.3, 0.4) is 0 Å². The van der Waals surface area contributed by atoms with Crippen LogP contribution in [0.25, 0.3) is 0 Å². The molecule has 0 aliphatic rings. The van der Waals surface area contributed by atoms with Crippen molar-refractivity contribution in [1.29, 1.82) is 0 Å². The van der Waals surface area contributed by atoms with Crippen molar-refractivity contribution in [2.75, 3.05) is 5.32 Å². The Morgan fingerprint density at radius 2 is 2.17 bits per heavy atom. The van der Waals surface area contributed by atoms with E-state index in [0.29, 0.717) is 6.54 Å². The number of rotatable bonds is 6. The van der Waals surface area contributed by atoms with Crippen LogP contribution >= 0.6 is 15.9 Å². The second-order valence-corrected chi connectivity index (χ2v) is 5.83. The fraction of sp³-hybridized carbons (Fsp3) is 0.333. The van der Waals surface area contributed by atoms with E-state index in [-0.39, 0.29) is 23.8 Å². The van der Waals surface area contributed by atoms with Crippen LogP contribution in [0.1, 0.15) is 17.7 Å². The van der Waals surface area contributed by atoms with Crippen LogP contribution in [0.4, 0.5) is 14.5 Å². The lowest BCUT2D eigenvalue weighted by Gasteiger charge is -2.13. The molecular weight excluding hydrogens is 372 g/mol. The lowest BCUT2D eigenvalue weighted by molar-refractivity contribution is -0.116. The summed E-state index contributed by atoms with van der Waals surface area (Å²) in [6.07, 6.45) is 1.82. The Labute approximate surface area is 140 Å². The Bertz CT molecular complexity index is 704. The summed E-state index contributed by atoms with van der Waals surface area (Å²) < 4.78 is 31.8. The summed E-state index contributed by atoms with van der Waals surface area (Å²) in [7, 11) is 0. The zero-order valence-corrected chi connectivity index (χ0v) is 14.2. The molecule has 1 heterocycles. The third-order valence-electron chi connectivity index (χ3n) is 3.22. The highest BCUT2D eigenvalue weighted by Gasteiger charge is 2.13. The van der Waals surface area contributed by atoms with Gasteiger partial charge in [0.25, 0.3) is 0 Å². The number of hydrogen-bond acceptors (Lipinski definition) is 3. The van der Waals surface area contributed by atoms with E-state index in [1.807, 2.05) is 6.92 Å². The number of carbonyl (C=O) groups is 1. The van der Waals surface area contributed by atoms with Crippen LogP contribution in [0, 0.1) is 13.8 Å². The molecule has 2 rings (SSSR count). The molecule has 5 nitrogen and oxygen atoms in total. The second-order valence-electron chi connectivity index (χ2n) is 4.98. The van der Waals surface area contributed by atoms with Crippen LogP contribution in [-0.2, 0) is 11.3 Å². The summed E-state index contributed by atoms with van der Waals surface area (Å²) in [5.74, 6) is -0.363. The van der Waals surface area contributed by atoms with E-state index in [1.165, 1.54) is 6.07 Å². The Morgan fingerprint density at radius 1 is 1.43 bits per heavy atom. The standard InChI is InChI=1S/C15H16BrF2N3O2/c1-9-3-4-13(23-15(17)18)12(7-9)20-14(22)5-6-21-10(2)11(16)8-19-21/h3-4,7-8,15H,5-6H2,1-2H3,(H,20,22). The summed E-state index contributed by atoms with van der Waals surface area (Å²) in [5.41, 5.74) is 1.97. The number of halogens is 3. The number of nitrogens with one attached hydrogen (secondary N) is 1. The average Bonchev–Trinajstić information content (AvgIpc) is 2.79. The molecule has 0 radical (unpaired) electrons. The highest BCUT2D eigenvalue weighted by atomic mass is 79.9. The number of ether oxygens (including phenoxy) is 1. The van der Waals surface area contributed by atoms with Crippen molar-refractivity contribution in [3.05, 3.63) is 40.1 Å². The van der Waals surface area contributed by atoms with Crippen molar-refractivity contribution >= 4 is 27.5 Å². The SMILES string of the molecule is Cc1ccc(OC(F)F)c(NC(=O)CCn2ncc(Br)c2C)c1. The molecule has 8 heteroatoms. The summed E-state index contributed by atoms with van der Waals surface area (Å²) in [6.45, 7) is 1.12. The van der Waals surface area contributed by atoms with Gasteiger partial charge in [-0.1, -0.05) is 6.07 Å². The first-order chi connectivity index (χ1) is 10.9. The Hall–Kier alpha value is -1.96. The molecule has 1 amide bonds. The molecule has 124 valence electrons. The van der Waals surface area contributed by atoms with Crippen molar-refractivity contribution in [3.8, 4) is 5.75 Å². The minimum atomic E-state index is -2.95. The number of aromatic nitrogens is 2. The predicted molar refractivity (Wildman–Crippen MR) is 85.7 cm³/mol. The number of alkyl halides is 2. The van der Waals surface area contributed by atoms with Gasteiger partial charge in [-0.3, -0.25) is 9.48 Å². The minimum absolute atomic E-state index is 0.0584. The molecule has 0 aliphatic heterocycles. The van der Waals surface area contributed by atoms with Gasteiger partial charge in [0.05, 0.1) is 22.9 Å². The maximum Gasteiger partial charge on any atom is 0.387 e. The van der Waals surface area contributed by atoms with E-state index in [4.69, 9.17) is 0 Å². The smallest absolute Gasteiger partial charge is 0.387 e. The number of carbonyl (C=O) groups excluding carboxylic acids is 1. The van der Waals surface area contributed by atoms with Crippen LogP contribution in [-0.4, -0.2) is 22.3 Å². The van der Waals surface area contributed by atoms with Crippen molar-refractivity contribution in [1.82, 2.24) is 9.78 Å². The van der Waals surface area contributed by atoms with Crippen molar-refractivity contribution in [2.45, 2.75) is 33.4 Å². The van der Waals surface area contributed by atoms with E-state index in [1.54, 1.807) is 29.9 Å². The molecule has 0 saturated heterocycles. The summed E-state index contributed by atoms with van der Waals surface area (Å²) in [4.78, 5) is 12.0. The van der Waals surface area contributed by atoms with Gasteiger partial charge in [0.1, 0.15) is 5.75 Å². The molecule has 2 aromatic rings. The van der Waals surface area contributed by atoms with Crippen LogP contribution in [0.15, 0.2) is 28.9 Å². The van der Waals surface area contributed by atoms with Gasteiger partial charge in [-0.15, -0.1) is 0 Å². The van der Waals surface area contributed by atoms with Crippen LogP contribution in [0.2, 0.25) is 0 Å². The lowest BCUT2D eigenvalue weighted by Crippen LogP contribution is -2.16. The Balaban J connectivity index is 2.02. The topological polar surface area (TPSA) is 56.1 Å². The maximum absolute atomic E-state index is 12.4. The normalized spacial score (nSPS) is 10.9. The predicted octanol–water partition coefficient (Wildman–Crippen LogP) is 3.89. The zero-order valence-electron chi connectivity index (χ0n) is 12.6. The molecule has 1 aromatic heterocycles. The fourth-order valence-corrected chi connectivity index (χ4v) is 2.31. The molecule has 0 unspecified atom stereocenters. The molecule has 0 spiro atoms. The first-order valence-corrected chi connectivity index (χ1v) is 7.69. The number of nitrogens with zero attached hydrogens (tertiary/aromatic N) is 2. The van der Waals surface area contributed by atoms with Gasteiger partial charge in [0.15, 0.2) is 0 Å². The first-order valence-electron chi connectivity index (χ1n) is 6.90. The fourth-order valence-electron chi connectivity index (χ4n) is 2.01. The molecule has 0 fully saturated rings. The van der Waals surface area contributed by atoms with Gasteiger partial charge in [-0.05, 0) is 47.5 Å². The third-order valence-corrected chi connectivity index (χ3v) is 4.00. The van der Waals surface area contributed by atoms with E-state index in [0.717, 1.165) is 15.7 Å². The number of benzene rings is 1. The quantitative estimate of drug-likeness (QED) is 0.817. The van der Waals surface area contributed by atoms with E-state index < -0.39 is 6.61 Å². The average molecular weight is 388 g/mol. The number of hydrogen-bond donors (Lipinski definition) is 1. The lowest BCUT2D eigenvalue weighted by atomic mass is 10.2. The second kappa shape index (κ2) is 7.54. The monoisotopic (exact) mass is 387 g/mol. The van der Waals surface area contributed by atoms with Gasteiger partial charge in [0, 0.05) is 12.1 Å². The van der Waals surface area contributed by atoms with Crippen molar-refractivity contribution in [3.63, 3.8) is 0 Å². The van der Waals surface area contributed by atoms with Gasteiger partial charge in [-0.25, -0.2) is 0 Å². The Kier molecular flexibility index (Phi) is 5.70. The highest BCUT2D eigenvalue weighted by Crippen LogP contribution is 2.27. The van der Waals surface area contributed by atoms with Gasteiger partial charge >= 0.3 is 6.61 Å². The molecule has 0 atom stereocenters. The van der Waals surface area contributed by atoms with Crippen molar-refractivity contribution < 1.29 is 18.3 Å². The third kappa shape index (κ3) is 4.75. The van der Waals surface area contributed by atoms with Gasteiger partial charge in [0.2, 0.25) is 5.91 Å². The maximum atomic E-state index is 12.4. The molecule has 1 N–H and O–H groups in total. The molecular formula is C15H16BrF2N3O2. The van der Waals surface area contributed by atoms with E-state index >= 15 is 0 Å². The van der Waals surface area contributed by atoms with Gasteiger partial charge in [-0.2, -0.15) is 13.9 Å². The molecule has 0 aliphatic carbocycles.